The van der Waals surface area contributed by atoms with Gasteiger partial charge in [-0.15, -0.1) is 0 Å². The molecule has 1 fully saturated rings. The van der Waals surface area contributed by atoms with Crippen molar-refractivity contribution in [3.63, 3.8) is 0 Å². The van der Waals surface area contributed by atoms with Gasteiger partial charge in [-0.1, -0.05) is 23.8 Å². The molecular weight excluding hydrogens is 262 g/mol. The van der Waals surface area contributed by atoms with Gasteiger partial charge >= 0.3 is 0 Å². The fourth-order valence-electron chi connectivity index (χ4n) is 2.99. The Morgan fingerprint density at radius 3 is 2.71 bits per heavy atom. The number of aliphatic hydroxyl groups excluding tert-OH is 1. The van der Waals surface area contributed by atoms with Gasteiger partial charge in [0.1, 0.15) is 0 Å². The molecule has 1 saturated heterocycles. The molecule has 21 heavy (non-hydrogen) atoms. The van der Waals surface area contributed by atoms with Gasteiger partial charge in [0.25, 0.3) is 0 Å². The molecule has 0 aliphatic carbocycles. The average Bonchev–Trinajstić information content (AvgIpc) is 2.82. The quantitative estimate of drug-likeness (QED) is 0.941. The monoisotopic (exact) mass is 285 g/mol. The Hall–Kier alpha value is -1.65. The van der Waals surface area contributed by atoms with Crippen LogP contribution in [0.3, 0.4) is 0 Å². The smallest absolute Gasteiger partial charge is 0.0771 e. The summed E-state index contributed by atoms with van der Waals surface area (Å²) in [6.45, 7) is 4.89. The second-order valence-electron chi connectivity index (χ2n) is 6.02. The second kappa shape index (κ2) is 6.00. The van der Waals surface area contributed by atoms with Gasteiger partial charge < -0.3 is 5.11 Å². The Labute approximate surface area is 126 Å². The fraction of sp³-hybridized carbons (Fsp3) is 0.471. The lowest BCUT2D eigenvalue weighted by Gasteiger charge is -2.28. The predicted octanol–water partition coefficient (Wildman–Crippen LogP) is 2.35. The van der Waals surface area contributed by atoms with Crippen molar-refractivity contribution in [2.24, 2.45) is 7.05 Å². The molecule has 0 atom stereocenters. The molecule has 1 aromatic heterocycles. The van der Waals surface area contributed by atoms with E-state index in [-0.39, 0.29) is 6.10 Å². The third kappa shape index (κ3) is 3.34. The lowest BCUT2D eigenvalue weighted by molar-refractivity contribution is 0.0786. The van der Waals surface area contributed by atoms with Gasteiger partial charge in [-0.2, -0.15) is 5.10 Å². The Bertz CT molecular complexity index is 612. The molecule has 1 aromatic carbocycles. The summed E-state index contributed by atoms with van der Waals surface area (Å²) in [5.41, 5.74) is 4.74. The fourth-order valence-corrected chi connectivity index (χ4v) is 2.99. The van der Waals surface area contributed by atoms with Crippen LogP contribution in [0, 0.1) is 6.92 Å². The van der Waals surface area contributed by atoms with E-state index < -0.39 is 0 Å². The maximum atomic E-state index is 9.57. The highest BCUT2D eigenvalue weighted by Crippen LogP contribution is 2.22. The first-order chi connectivity index (χ1) is 10.1. The maximum absolute atomic E-state index is 9.57. The number of nitrogens with zero attached hydrogens (tertiary/aromatic N) is 3. The number of piperidine rings is 1. The maximum Gasteiger partial charge on any atom is 0.0771 e. The molecule has 0 radical (unpaired) electrons. The van der Waals surface area contributed by atoms with Crippen LogP contribution in [-0.2, 0) is 13.6 Å². The zero-order valence-corrected chi connectivity index (χ0v) is 12.8. The SMILES string of the molecule is Cc1cccc(-c2cc(CN3CCC(O)CC3)nn2C)c1. The van der Waals surface area contributed by atoms with Crippen molar-refractivity contribution in [3.05, 3.63) is 41.6 Å². The topological polar surface area (TPSA) is 41.3 Å². The minimum absolute atomic E-state index is 0.118. The van der Waals surface area contributed by atoms with Crippen LogP contribution in [0.25, 0.3) is 11.3 Å². The zero-order chi connectivity index (χ0) is 14.8. The van der Waals surface area contributed by atoms with E-state index in [0.29, 0.717) is 0 Å². The van der Waals surface area contributed by atoms with Crippen LogP contribution in [0.1, 0.15) is 24.1 Å². The number of rotatable bonds is 3. The largest absolute Gasteiger partial charge is 0.393 e. The molecule has 0 bridgehead atoms. The molecule has 4 nitrogen and oxygen atoms in total. The van der Waals surface area contributed by atoms with Gasteiger partial charge in [0.15, 0.2) is 0 Å². The minimum Gasteiger partial charge on any atom is -0.393 e. The van der Waals surface area contributed by atoms with Gasteiger partial charge in [-0.3, -0.25) is 9.58 Å². The van der Waals surface area contributed by atoms with Crippen LogP contribution in [0.5, 0.6) is 0 Å². The van der Waals surface area contributed by atoms with Crippen molar-refractivity contribution in [1.29, 1.82) is 0 Å². The van der Waals surface area contributed by atoms with Crippen LogP contribution in [0.15, 0.2) is 30.3 Å². The number of benzene rings is 1. The summed E-state index contributed by atoms with van der Waals surface area (Å²) in [5, 5.41) is 14.2. The number of aliphatic hydroxyl groups is 1. The van der Waals surface area contributed by atoms with E-state index in [2.05, 4.69) is 47.3 Å². The Morgan fingerprint density at radius 1 is 1.24 bits per heavy atom. The average molecular weight is 285 g/mol. The van der Waals surface area contributed by atoms with E-state index in [4.69, 9.17) is 0 Å². The molecule has 4 heteroatoms. The molecule has 1 aliphatic rings. The third-order valence-corrected chi connectivity index (χ3v) is 4.19. The summed E-state index contributed by atoms with van der Waals surface area (Å²) in [6.07, 6.45) is 1.63. The molecular formula is C17H23N3O. The van der Waals surface area contributed by atoms with Crippen molar-refractivity contribution >= 4 is 0 Å². The van der Waals surface area contributed by atoms with Crippen molar-refractivity contribution in [2.75, 3.05) is 13.1 Å². The van der Waals surface area contributed by atoms with Crippen molar-refractivity contribution in [3.8, 4) is 11.3 Å². The first kappa shape index (κ1) is 14.3. The Kier molecular flexibility index (Phi) is 4.08. The van der Waals surface area contributed by atoms with Crippen LogP contribution >= 0.6 is 0 Å². The van der Waals surface area contributed by atoms with Crippen molar-refractivity contribution < 1.29 is 5.11 Å². The zero-order valence-electron chi connectivity index (χ0n) is 12.8. The standard InChI is InChI=1S/C17H23N3O/c1-13-4-3-5-14(10-13)17-11-15(18-19(17)2)12-20-8-6-16(21)7-9-20/h3-5,10-11,16,21H,6-9,12H2,1-2H3. The number of hydrogen-bond donors (Lipinski definition) is 1. The molecule has 1 N–H and O–H groups in total. The van der Waals surface area contributed by atoms with Crippen LogP contribution < -0.4 is 0 Å². The van der Waals surface area contributed by atoms with E-state index in [1.165, 1.54) is 11.1 Å². The number of likely N-dealkylation sites (tertiary alicyclic amines) is 1. The van der Waals surface area contributed by atoms with E-state index >= 15 is 0 Å². The minimum atomic E-state index is -0.118. The van der Waals surface area contributed by atoms with Crippen LogP contribution in [-0.4, -0.2) is 39.0 Å². The van der Waals surface area contributed by atoms with E-state index in [9.17, 15) is 5.11 Å². The van der Waals surface area contributed by atoms with Crippen LogP contribution in [0.4, 0.5) is 0 Å². The molecule has 0 spiro atoms. The normalized spacial score (nSPS) is 17.3. The molecule has 3 rings (SSSR count). The first-order valence-corrected chi connectivity index (χ1v) is 7.62. The summed E-state index contributed by atoms with van der Waals surface area (Å²) >= 11 is 0. The molecule has 0 unspecified atom stereocenters. The van der Waals surface area contributed by atoms with Crippen molar-refractivity contribution in [1.82, 2.24) is 14.7 Å². The van der Waals surface area contributed by atoms with Gasteiger partial charge in [0.05, 0.1) is 17.5 Å². The molecule has 0 amide bonds. The summed E-state index contributed by atoms with van der Waals surface area (Å²) in [7, 11) is 2.00. The molecule has 0 saturated carbocycles. The molecule has 2 heterocycles. The van der Waals surface area contributed by atoms with Gasteiger partial charge in [-0.05, 0) is 31.9 Å². The van der Waals surface area contributed by atoms with E-state index in [1.54, 1.807) is 0 Å². The van der Waals surface area contributed by atoms with Gasteiger partial charge in [-0.25, -0.2) is 0 Å². The summed E-state index contributed by atoms with van der Waals surface area (Å²) in [6, 6.07) is 10.7. The summed E-state index contributed by atoms with van der Waals surface area (Å²) in [4.78, 5) is 2.37. The molecule has 1 aliphatic heterocycles. The molecule has 112 valence electrons. The highest BCUT2D eigenvalue weighted by Gasteiger charge is 2.18. The first-order valence-electron chi connectivity index (χ1n) is 7.62. The third-order valence-electron chi connectivity index (χ3n) is 4.19. The second-order valence-corrected chi connectivity index (χ2v) is 6.02. The summed E-state index contributed by atoms with van der Waals surface area (Å²) in [5.74, 6) is 0. The highest BCUT2D eigenvalue weighted by molar-refractivity contribution is 5.60. The number of aromatic nitrogens is 2. The lowest BCUT2D eigenvalue weighted by Crippen LogP contribution is -2.35. The Balaban J connectivity index is 1.75. The number of aryl methyl sites for hydroxylation is 2. The number of hydrogen-bond acceptors (Lipinski definition) is 3. The van der Waals surface area contributed by atoms with Crippen molar-refractivity contribution in [2.45, 2.75) is 32.4 Å². The van der Waals surface area contributed by atoms with E-state index in [1.807, 2.05) is 11.7 Å². The molecule has 2 aromatic rings. The van der Waals surface area contributed by atoms with Gasteiger partial charge in [0, 0.05) is 32.2 Å². The lowest BCUT2D eigenvalue weighted by atomic mass is 10.1. The van der Waals surface area contributed by atoms with Crippen LogP contribution in [0.2, 0.25) is 0 Å². The van der Waals surface area contributed by atoms with Gasteiger partial charge in [0.2, 0.25) is 0 Å². The highest BCUT2D eigenvalue weighted by atomic mass is 16.3. The predicted molar refractivity (Wildman–Crippen MR) is 83.9 cm³/mol. The Morgan fingerprint density at radius 2 is 2.00 bits per heavy atom. The summed E-state index contributed by atoms with van der Waals surface area (Å²) < 4.78 is 1.96. The van der Waals surface area contributed by atoms with E-state index in [0.717, 1.165) is 43.9 Å².